The zero-order valence-corrected chi connectivity index (χ0v) is 14.2. The number of benzene rings is 1. The first-order chi connectivity index (χ1) is 10.6. The lowest BCUT2D eigenvalue weighted by Crippen LogP contribution is -2.20. The molecule has 1 aromatic carbocycles. The summed E-state index contributed by atoms with van der Waals surface area (Å²) in [5.74, 6) is -0.638. The molecule has 0 fully saturated rings. The molecule has 0 aromatic heterocycles. The van der Waals surface area contributed by atoms with Crippen molar-refractivity contribution < 1.29 is 17.7 Å². The Balaban J connectivity index is 2.86. The number of sulfone groups is 1. The van der Waals surface area contributed by atoms with E-state index in [1.807, 2.05) is 0 Å². The van der Waals surface area contributed by atoms with Crippen LogP contribution in [-0.4, -0.2) is 41.1 Å². The summed E-state index contributed by atoms with van der Waals surface area (Å²) in [6, 6.07) is 7.24. The number of hydrogen-bond donors (Lipinski definition) is 2. The van der Waals surface area contributed by atoms with Crippen molar-refractivity contribution in [2.24, 2.45) is 0 Å². The van der Waals surface area contributed by atoms with Gasteiger partial charge in [0.05, 0.1) is 33.6 Å². The number of nitrogens with one attached hydrogen (secondary N) is 1. The van der Waals surface area contributed by atoms with Gasteiger partial charge in [-0.3, -0.25) is 4.78 Å². The van der Waals surface area contributed by atoms with Crippen LogP contribution < -0.4 is 0 Å². The molecule has 2 unspecified atom stereocenters. The second kappa shape index (κ2) is 7.55. The number of nitriles is 2. The van der Waals surface area contributed by atoms with Crippen LogP contribution in [-0.2, 0) is 19.6 Å². The van der Waals surface area contributed by atoms with E-state index in [2.05, 4.69) is 0 Å². The summed E-state index contributed by atoms with van der Waals surface area (Å²) in [6.45, 7) is 1.42. The predicted octanol–water partition coefficient (Wildman–Crippen LogP) is 1.02. The maximum atomic E-state index is 12.2. The van der Waals surface area contributed by atoms with E-state index in [-0.39, 0.29) is 39.7 Å². The molecule has 2 N–H and O–H groups in total. The predicted molar refractivity (Wildman–Crippen MR) is 84.8 cm³/mol. The maximum absolute atomic E-state index is 12.2. The third-order valence-corrected chi connectivity index (χ3v) is 6.76. The largest absolute Gasteiger partial charge is 0.392 e. The van der Waals surface area contributed by atoms with Crippen LogP contribution in [0.5, 0.6) is 0 Å². The Labute approximate surface area is 136 Å². The Morgan fingerprint density at radius 3 is 2.30 bits per heavy atom. The van der Waals surface area contributed by atoms with Crippen LogP contribution in [0.1, 0.15) is 24.5 Å². The molecule has 0 spiro atoms. The molecule has 0 aliphatic carbocycles. The Hall–Kier alpha value is -1.94. The van der Waals surface area contributed by atoms with Gasteiger partial charge in [0.2, 0.25) is 0 Å². The molecule has 0 saturated carbocycles. The van der Waals surface area contributed by atoms with Crippen molar-refractivity contribution in [2.75, 3.05) is 17.3 Å². The molecule has 7 nitrogen and oxygen atoms in total. The summed E-state index contributed by atoms with van der Waals surface area (Å²) in [6.07, 6.45) is -0.868. The van der Waals surface area contributed by atoms with Crippen LogP contribution in [0.15, 0.2) is 23.1 Å². The molecule has 0 amide bonds. The number of nitrogens with zero attached hydrogens (tertiary/aromatic N) is 2. The summed E-state index contributed by atoms with van der Waals surface area (Å²) < 4.78 is 43.8. The van der Waals surface area contributed by atoms with Gasteiger partial charge < -0.3 is 5.11 Å². The van der Waals surface area contributed by atoms with Gasteiger partial charge in [0.15, 0.2) is 9.84 Å². The third-order valence-electron chi connectivity index (χ3n) is 2.99. The molecular formula is C14H17N3O4S2. The molecule has 0 radical (unpaired) electrons. The van der Waals surface area contributed by atoms with E-state index in [0.29, 0.717) is 0 Å². The first kappa shape index (κ1) is 19.1. The van der Waals surface area contributed by atoms with E-state index in [0.717, 1.165) is 6.07 Å². The lowest BCUT2D eigenvalue weighted by atomic mass is 10.1. The summed E-state index contributed by atoms with van der Waals surface area (Å²) in [7, 11) is -6.72. The maximum Gasteiger partial charge on any atom is 0.178 e. The van der Waals surface area contributed by atoms with Crippen molar-refractivity contribution in [3.05, 3.63) is 29.3 Å². The van der Waals surface area contributed by atoms with E-state index < -0.39 is 25.7 Å². The van der Waals surface area contributed by atoms with Crippen LogP contribution >= 0.6 is 0 Å². The molecule has 9 heteroatoms. The molecular weight excluding hydrogens is 338 g/mol. The van der Waals surface area contributed by atoms with Crippen molar-refractivity contribution in [1.29, 1.82) is 15.3 Å². The molecule has 0 saturated heterocycles. The smallest absolute Gasteiger partial charge is 0.178 e. The Kier molecular flexibility index (Phi) is 6.28. The number of aliphatic hydroxyl groups is 1. The fourth-order valence-electron chi connectivity index (χ4n) is 1.98. The van der Waals surface area contributed by atoms with Gasteiger partial charge in [0, 0.05) is 15.5 Å². The minimum absolute atomic E-state index is 0.0132. The molecule has 0 heterocycles. The first-order valence-electron chi connectivity index (χ1n) is 6.70. The second-order valence-corrected chi connectivity index (χ2v) is 9.61. The minimum atomic E-state index is -3.70. The van der Waals surface area contributed by atoms with Gasteiger partial charge >= 0.3 is 0 Å². The van der Waals surface area contributed by atoms with Crippen LogP contribution in [0.4, 0.5) is 0 Å². The molecule has 23 heavy (non-hydrogen) atoms. The Morgan fingerprint density at radius 1 is 1.17 bits per heavy atom. The lowest BCUT2D eigenvalue weighted by molar-refractivity contribution is 0.219. The normalized spacial score (nSPS) is 15.1. The average molecular weight is 355 g/mol. The lowest BCUT2D eigenvalue weighted by Gasteiger charge is -2.10. The van der Waals surface area contributed by atoms with Crippen molar-refractivity contribution >= 4 is 19.6 Å². The van der Waals surface area contributed by atoms with Gasteiger partial charge in [0.1, 0.15) is 12.1 Å². The van der Waals surface area contributed by atoms with Gasteiger partial charge in [-0.15, -0.1) is 0 Å². The zero-order valence-electron chi connectivity index (χ0n) is 12.5. The molecule has 0 aliphatic heterocycles. The summed E-state index contributed by atoms with van der Waals surface area (Å²) in [5.41, 5.74) is 0.0736. The van der Waals surface area contributed by atoms with Crippen molar-refractivity contribution in [3.63, 3.8) is 0 Å². The second-order valence-electron chi connectivity index (χ2n) is 5.14. The van der Waals surface area contributed by atoms with Crippen LogP contribution in [0.2, 0.25) is 0 Å². The fourth-order valence-corrected chi connectivity index (χ4v) is 5.05. The monoisotopic (exact) mass is 355 g/mol. The summed E-state index contributed by atoms with van der Waals surface area (Å²) in [4.78, 5) is -0.0833. The Bertz CT molecular complexity index is 860. The number of aliphatic hydroxyl groups excluding tert-OH is 1. The van der Waals surface area contributed by atoms with Crippen molar-refractivity contribution in [3.8, 4) is 12.1 Å². The van der Waals surface area contributed by atoms with E-state index in [1.165, 1.54) is 19.1 Å². The highest BCUT2D eigenvalue weighted by atomic mass is 32.2. The SMILES string of the molecule is CC(O)CS(=N)(=O)CCCS(=O)(=O)c1ccc(C#N)c(C#N)c1. The fraction of sp³-hybridized carbons (Fsp3) is 0.429. The molecule has 1 rings (SSSR count). The quantitative estimate of drug-likeness (QED) is 0.747. The summed E-state index contributed by atoms with van der Waals surface area (Å²) in [5, 5.41) is 26.9. The third kappa shape index (κ3) is 5.64. The first-order valence-corrected chi connectivity index (χ1v) is 10.3. The van der Waals surface area contributed by atoms with Crippen LogP contribution in [0.25, 0.3) is 0 Å². The number of rotatable bonds is 7. The van der Waals surface area contributed by atoms with E-state index >= 15 is 0 Å². The van der Waals surface area contributed by atoms with E-state index in [4.69, 9.17) is 20.4 Å². The summed E-state index contributed by atoms with van der Waals surface area (Å²) >= 11 is 0. The zero-order chi connectivity index (χ0) is 17.7. The van der Waals surface area contributed by atoms with E-state index in [1.54, 1.807) is 12.1 Å². The van der Waals surface area contributed by atoms with Crippen LogP contribution in [0, 0.1) is 27.4 Å². The molecule has 0 bridgehead atoms. The molecule has 2 atom stereocenters. The van der Waals surface area contributed by atoms with Crippen molar-refractivity contribution in [1.82, 2.24) is 0 Å². The minimum Gasteiger partial charge on any atom is -0.392 e. The number of hydrogen-bond acceptors (Lipinski definition) is 7. The van der Waals surface area contributed by atoms with Crippen molar-refractivity contribution in [2.45, 2.75) is 24.3 Å². The standard InChI is InChI=1S/C14H17N3O4S2/c1-11(18)10-22(17,19)5-2-6-23(20,21)14-4-3-12(8-15)13(7-14)9-16/h3-4,7,11,17-18H,2,5-6,10H2,1H3. The highest BCUT2D eigenvalue weighted by molar-refractivity contribution is 7.93. The topological polar surface area (TPSA) is 143 Å². The molecule has 0 aliphatic rings. The van der Waals surface area contributed by atoms with E-state index in [9.17, 15) is 12.6 Å². The molecule has 1 aromatic rings. The average Bonchev–Trinajstić information content (AvgIpc) is 2.44. The van der Waals surface area contributed by atoms with Crippen LogP contribution in [0.3, 0.4) is 0 Å². The Morgan fingerprint density at radius 2 is 1.78 bits per heavy atom. The van der Waals surface area contributed by atoms with Gasteiger partial charge in [-0.25, -0.2) is 12.6 Å². The highest BCUT2D eigenvalue weighted by Crippen LogP contribution is 2.17. The van der Waals surface area contributed by atoms with Gasteiger partial charge in [0.25, 0.3) is 0 Å². The molecule has 124 valence electrons. The van der Waals surface area contributed by atoms with Gasteiger partial charge in [-0.05, 0) is 31.5 Å². The highest BCUT2D eigenvalue weighted by Gasteiger charge is 2.18. The van der Waals surface area contributed by atoms with Gasteiger partial charge in [-0.2, -0.15) is 10.5 Å². The van der Waals surface area contributed by atoms with Gasteiger partial charge in [-0.1, -0.05) is 0 Å².